The highest BCUT2D eigenvalue weighted by Gasteiger charge is 2.06. The number of para-hydroxylation sites is 1. The quantitative estimate of drug-likeness (QED) is 0.331. The minimum Gasteiger partial charge on any atom is -0.356 e. The van der Waals surface area contributed by atoms with E-state index in [4.69, 9.17) is 0 Å². The Morgan fingerprint density at radius 1 is 1.15 bits per heavy atom. The lowest BCUT2D eigenvalue weighted by molar-refractivity contribution is 0.798. The molecule has 26 heavy (non-hydrogen) atoms. The zero-order valence-electron chi connectivity index (χ0n) is 15.2. The maximum Gasteiger partial charge on any atom is 0.191 e. The van der Waals surface area contributed by atoms with Gasteiger partial charge in [0, 0.05) is 43.0 Å². The van der Waals surface area contributed by atoms with E-state index in [1.54, 1.807) is 18.4 Å². The summed E-state index contributed by atoms with van der Waals surface area (Å²) >= 11 is 1.77. The van der Waals surface area contributed by atoms with Crippen LogP contribution in [0.4, 0.5) is 0 Å². The van der Waals surface area contributed by atoms with Crippen LogP contribution in [0.25, 0.3) is 10.9 Å². The smallest absolute Gasteiger partial charge is 0.191 e. The number of nitrogens with one attached hydrogen (secondary N) is 2. The Labute approximate surface area is 175 Å². The second-order valence-electron chi connectivity index (χ2n) is 5.83. The molecule has 0 amide bonds. The molecule has 2 aromatic heterocycles. The number of hydrogen-bond donors (Lipinski definition) is 2. The molecule has 0 atom stereocenters. The minimum absolute atomic E-state index is 0. The maximum absolute atomic E-state index is 4.47. The van der Waals surface area contributed by atoms with Gasteiger partial charge in [-0.2, -0.15) is 0 Å². The zero-order valence-corrected chi connectivity index (χ0v) is 18.4. The van der Waals surface area contributed by atoms with Crippen molar-refractivity contribution in [2.75, 3.05) is 13.6 Å². The van der Waals surface area contributed by atoms with Gasteiger partial charge in [0.1, 0.15) is 0 Å². The summed E-state index contributed by atoms with van der Waals surface area (Å²) < 4.78 is 0. The molecule has 0 aliphatic heterocycles. The van der Waals surface area contributed by atoms with Gasteiger partial charge in [0.05, 0.1) is 16.2 Å². The Bertz CT molecular complexity index is 885. The predicted octanol–water partition coefficient (Wildman–Crippen LogP) is 3.83. The molecular formula is C19H24IN5S. The molecule has 3 aromatic rings. The average molecular weight is 481 g/mol. The maximum atomic E-state index is 4.47. The van der Waals surface area contributed by atoms with E-state index in [2.05, 4.69) is 38.6 Å². The first-order chi connectivity index (χ1) is 12.2. The first-order valence-corrected chi connectivity index (χ1v) is 9.19. The summed E-state index contributed by atoms with van der Waals surface area (Å²) in [5.74, 6) is 0.805. The van der Waals surface area contributed by atoms with E-state index in [0.29, 0.717) is 6.54 Å². The summed E-state index contributed by atoms with van der Waals surface area (Å²) in [5.41, 5.74) is 3.36. The van der Waals surface area contributed by atoms with E-state index in [0.717, 1.165) is 35.1 Å². The first-order valence-electron chi connectivity index (χ1n) is 8.37. The van der Waals surface area contributed by atoms with Crippen molar-refractivity contribution in [1.29, 1.82) is 0 Å². The monoisotopic (exact) mass is 481 g/mol. The molecule has 0 radical (unpaired) electrons. The van der Waals surface area contributed by atoms with Crippen molar-refractivity contribution in [2.45, 2.75) is 26.8 Å². The second kappa shape index (κ2) is 9.82. The third kappa shape index (κ3) is 5.14. The van der Waals surface area contributed by atoms with Gasteiger partial charge >= 0.3 is 0 Å². The van der Waals surface area contributed by atoms with Crippen molar-refractivity contribution in [3.63, 3.8) is 0 Å². The third-order valence-electron chi connectivity index (χ3n) is 4.05. The van der Waals surface area contributed by atoms with E-state index in [9.17, 15) is 0 Å². The van der Waals surface area contributed by atoms with Gasteiger partial charge in [-0.1, -0.05) is 18.2 Å². The lowest BCUT2D eigenvalue weighted by atomic mass is 10.1. The van der Waals surface area contributed by atoms with Crippen LogP contribution in [0.5, 0.6) is 0 Å². The van der Waals surface area contributed by atoms with E-state index in [1.807, 2.05) is 37.4 Å². The third-order valence-corrected chi connectivity index (χ3v) is 5.19. The highest BCUT2D eigenvalue weighted by Crippen LogP contribution is 2.17. The molecule has 2 heterocycles. The number of nitrogens with zero attached hydrogens (tertiary/aromatic N) is 3. The highest BCUT2D eigenvalue weighted by molar-refractivity contribution is 14.0. The molecule has 0 fully saturated rings. The summed E-state index contributed by atoms with van der Waals surface area (Å²) in [6.45, 7) is 5.66. The number of aryl methyl sites for hydroxylation is 2. The lowest BCUT2D eigenvalue weighted by Crippen LogP contribution is -2.37. The van der Waals surface area contributed by atoms with Gasteiger partial charge in [-0.15, -0.1) is 35.3 Å². The number of guanidine groups is 1. The number of rotatable bonds is 5. The van der Waals surface area contributed by atoms with Crippen molar-refractivity contribution in [3.8, 4) is 0 Å². The fourth-order valence-corrected chi connectivity index (χ4v) is 3.75. The Morgan fingerprint density at radius 2 is 1.96 bits per heavy atom. The van der Waals surface area contributed by atoms with Gasteiger partial charge in [0.2, 0.25) is 0 Å². The molecule has 0 aliphatic rings. The summed E-state index contributed by atoms with van der Waals surface area (Å²) in [5, 5.41) is 9.05. The molecule has 5 nitrogen and oxygen atoms in total. The molecule has 0 bridgehead atoms. The van der Waals surface area contributed by atoms with Gasteiger partial charge in [0.25, 0.3) is 0 Å². The van der Waals surface area contributed by atoms with Crippen LogP contribution in [0.1, 0.15) is 21.1 Å². The second-order valence-corrected chi connectivity index (χ2v) is 7.12. The molecule has 0 saturated heterocycles. The number of thiazole rings is 1. The van der Waals surface area contributed by atoms with Crippen LogP contribution in [-0.2, 0) is 13.0 Å². The summed E-state index contributed by atoms with van der Waals surface area (Å²) in [4.78, 5) is 14.5. The number of aliphatic imine (C=N–C) groups is 1. The van der Waals surface area contributed by atoms with Gasteiger partial charge in [0.15, 0.2) is 5.96 Å². The van der Waals surface area contributed by atoms with Gasteiger partial charge in [-0.3, -0.25) is 9.98 Å². The van der Waals surface area contributed by atoms with Crippen LogP contribution in [0.3, 0.4) is 0 Å². The van der Waals surface area contributed by atoms with E-state index in [1.165, 1.54) is 15.8 Å². The Morgan fingerprint density at radius 3 is 2.69 bits per heavy atom. The standard InChI is InChI=1S/C19H23N5S.HI/c1-13-18(25-14(2)24-13)9-11-22-19(20-3)23-12-15-8-10-21-17-7-5-4-6-16(15)17;/h4-8,10H,9,11-12H2,1-3H3,(H2,20,22,23);1H. The molecule has 0 aliphatic carbocycles. The van der Waals surface area contributed by atoms with Crippen LogP contribution in [0, 0.1) is 13.8 Å². The minimum atomic E-state index is 0. The Balaban J connectivity index is 0.00000243. The van der Waals surface area contributed by atoms with Crippen LogP contribution in [-0.4, -0.2) is 29.5 Å². The number of halogens is 1. The number of hydrogen-bond acceptors (Lipinski definition) is 4. The van der Waals surface area contributed by atoms with Gasteiger partial charge < -0.3 is 10.6 Å². The van der Waals surface area contributed by atoms with E-state index in [-0.39, 0.29) is 24.0 Å². The normalized spacial score (nSPS) is 11.3. The largest absolute Gasteiger partial charge is 0.356 e. The molecule has 138 valence electrons. The lowest BCUT2D eigenvalue weighted by Gasteiger charge is -2.13. The highest BCUT2D eigenvalue weighted by atomic mass is 127. The van der Waals surface area contributed by atoms with E-state index >= 15 is 0 Å². The van der Waals surface area contributed by atoms with Crippen molar-refractivity contribution >= 4 is 52.2 Å². The van der Waals surface area contributed by atoms with Crippen LogP contribution >= 0.6 is 35.3 Å². The zero-order chi connectivity index (χ0) is 17.6. The number of aromatic nitrogens is 2. The van der Waals surface area contributed by atoms with Gasteiger partial charge in [-0.05, 0) is 31.5 Å². The Kier molecular flexibility index (Phi) is 7.77. The van der Waals surface area contributed by atoms with Crippen LogP contribution < -0.4 is 10.6 Å². The molecule has 0 spiro atoms. The number of pyridine rings is 1. The molecule has 1 aromatic carbocycles. The Hall–Kier alpha value is -1.74. The van der Waals surface area contributed by atoms with Crippen molar-refractivity contribution < 1.29 is 0 Å². The fourth-order valence-electron chi connectivity index (χ4n) is 2.81. The van der Waals surface area contributed by atoms with Crippen LogP contribution in [0.15, 0.2) is 41.5 Å². The van der Waals surface area contributed by atoms with Crippen molar-refractivity contribution in [3.05, 3.63) is 57.7 Å². The molecule has 2 N–H and O–H groups in total. The first kappa shape index (κ1) is 20.6. The van der Waals surface area contributed by atoms with Crippen molar-refractivity contribution in [2.24, 2.45) is 4.99 Å². The predicted molar refractivity (Wildman–Crippen MR) is 121 cm³/mol. The number of benzene rings is 1. The summed E-state index contributed by atoms with van der Waals surface area (Å²) in [7, 11) is 1.79. The molecule has 0 unspecified atom stereocenters. The summed E-state index contributed by atoms with van der Waals surface area (Å²) in [6.07, 6.45) is 2.81. The molecular weight excluding hydrogens is 457 g/mol. The van der Waals surface area contributed by atoms with Crippen LogP contribution in [0.2, 0.25) is 0 Å². The molecule has 3 rings (SSSR count). The fraction of sp³-hybridized carbons (Fsp3) is 0.316. The van der Waals surface area contributed by atoms with E-state index < -0.39 is 0 Å². The van der Waals surface area contributed by atoms with Crippen molar-refractivity contribution in [1.82, 2.24) is 20.6 Å². The molecule has 7 heteroatoms. The molecule has 0 saturated carbocycles. The van der Waals surface area contributed by atoms with Gasteiger partial charge in [-0.25, -0.2) is 4.98 Å². The SMILES string of the molecule is CN=C(NCCc1sc(C)nc1C)NCc1ccnc2ccccc12.I. The average Bonchev–Trinajstić information content (AvgIpc) is 2.95. The number of fused-ring (bicyclic) bond motifs is 1. The topological polar surface area (TPSA) is 62.2 Å². The summed E-state index contributed by atoms with van der Waals surface area (Å²) in [6, 6.07) is 10.2.